The van der Waals surface area contributed by atoms with Gasteiger partial charge in [0.15, 0.2) is 18.0 Å². The van der Waals surface area contributed by atoms with Crippen LogP contribution < -0.4 is 10.4 Å². The van der Waals surface area contributed by atoms with Crippen LogP contribution in [0.3, 0.4) is 0 Å². The molecule has 3 heterocycles. The second kappa shape index (κ2) is 11.0. The number of rotatable bonds is 7. The first-order valence-electron chi connectivity index (χ1n) is 12.4. The van der Waals surface area contributed by atoms with Gasteiger partial charge in [0.1, 0.15) is 29.3 Å². The van der Waals surface area contributed by atoms with Gasteiger partial charge in [0.2, 0.25) is 6.29 Å². The molecule has 1 aromatic heterocycles. The predicted molar refractivity (Wildman–Crippen MR) is 130 cm³/mol. The Labute approximate surface area is 214 Å². The third kappa shape index (κ3) is 5.32. The molecule has 0 bridgehead atoms. The zero-order chi connectivity index (χ0) is 26.9. The fourth-order valence-electron chi connectivity index (χ4n) is 4.83. The normalized spacial score (nSPS) is 27.7. The monoisotopic (exact) mass is 522 g/mol. The van der Waals surface area contributed by atoms with Crippen LogP contribution >= 0.6 is 0 Å². The number of ether oxygens (including phenoxy) is 6. The maximum absolute atomic E-state index is 12.5. The van der Waals surface area contributed by atoms with Gasteiger partial charge < -0.3 is 43.1 Å². The van der Waals surface area contributed by atoms with Crippen LogP contribution in [0.15, 0.2) is 21.3 Å². The molecule has 0 amide bonds. The molecule has 1 aromatic carbocycles. The smallest absolute Gasteiger partial charge is 0.354 e. The maximum Gasteiger partial charge on any atom is 0.354 e. The molecular formula is C26H34O11. The van der Waals surface area contributed by atoms with Crippen molar-refractivity contribution in [3.63, 3.8) is 0 Å². The van der Waals surface area contributed by atoms with E-state index >= 15 is 0 Å². The van der Waals surface area contributed by atoms with Gasteiger partial charge in [-0.05, 0) is 59.1 Å². The molecule has 0 radical (unpaired) electrons. The van der Waals surface area contributed by atoms with Gasteiger partial charge in [0, 0.05) is 19.3 Å². The lowest BCUT2D eigenvalue weighted by atomic mass is 9.89. The molecule has 11 heteroatoms. The molecule has 5 atom stereocenters. The Morgan fingerprint density at radius 3 is 2.65 bits per heavy atom. The summed E-state index contributed by atoms with van der Waals surface area (Å²) < 4.78 is 40.0. The number of esters is 1. The number of aromatic hydroxyl groups is 1. The second-order valence-electron chi connectivity index (χ2n) is 9.65. The van der Waals surface area contributed by atoms with Crippen molar-refractivity contribution in [2.75, 3.05) is 20.3 Å². The van der Waals surface area contributed by atoms with Crippen molar-refractivity contribution < 1.29 is 47.8 Å². The number of benzene rings is 1. The molecule has 2 aliphatic rings. The van der Waals surface area contributed by atoms with E-state index in [0.29, 0.717) is 18.6 Å². The highest BCUT2D eigenvalue weighted by Gasteiger charge is 2.52. The summed E-state index contributed by atoms with van der Waals surface area (Å²) in [5.74, 6) is -1.25. The quantitative estimate of drug-likeness (QED) is 0.409. The highest BCUT2D eigenvalue weighted by Crippen LogP contribution is 2.38. The Balaban J connectivity index is 1.69. The molecule has 0 saturated carbocycles. The zero-order valence-electron chi connectivity index (χ0n) is 21.6. The summed E-state index contributed by atoms with van der Waals surface area (Å²) >= 11 is 0. The molecule has 1 unspecified atom stereocenters. The van der Waals surface area contributed by atoms with Crippen LogP contribution in [0.25, 0.3) is 11.0 Å². The number of aliphatic hydroxyl groups excluding tert-OH is 1. The standard InChI is InChI=1S/C26H34O11/c1-6-32-23(29)17-18(27)14-10-11-15(13(2)20(14)36-24(17)30)34-25-21(35-16-9-7-8-12-33-16)19(28)22(31-5)26(3,4)37-25/h10-11,16,19,21-22,25,27-28H,6-9,12H2,1-5H3/t16?,19-,21-,22-,25-/m1/s1. The van der Waals surface area contributed by atoms with Crippen LogP contribution in [0.5, 0.6) is 11.5 Å². The third-order valence-electron chi connectivity index (χ3n) is 6.69. The fourth-order valence-corrected chi connectivity index (χ4v) is 4.83. The minimum atomic E-state index is -1.10. The van der Waals surface area contributed by atoms with Crippen LogP contribution in [0.4, 0.5) is 0 Å². The van der Waals surface area contributed by atoms with Crippen LogP contribution in [-0.2, 0) is 23.7 Å². The molecule has 2 aromatic rings. The van der Waals surface area contributed by atoms with E-state index in [4.69, 9.17) is 32.8 Å². The molecule has 37 heavy (non-hydrogen) atoms. The molecule has 11 nitrogen and oxygen atoms in total. The van der Waals surface area contributed by atoms with E-state index < -0.39 is 59.4 Å². The molecule has 2 saturated heterocycles. The molecule has 2 aliphatic heterocycles. The lowest BCUT2D eigenvalue weighted by molar-refractivity contribution is -0.339. The number of hydrogen-bond acceptors (Lipinski definition) is 11. The third-order valence-corrected chi connectivity index (χ3v) is 6.69. The van der Waals surface area contributed by atoms with Gasteiger partial charge in [-0.25, -0.2) is 9.59 Å². The summed E-state index contributed by atoms with van der Waals surface area (Å²) in [6.07, 6.45) is -1.83. The van der Waals surface area contributed by atoms with Crippen LogP contribution in [0, 0.1) is 6.92 Å². The summed E-state index contributed by atoms with van der Waals surface area (Å²) in [5, 5.41) is 22.0. The van der Waals surface area contributed by atoms with Crippen molar-refractivity contribution in [1.82, 2.24) is 0 Å². The molecular weight excluding hydrogens is 488 g/mol. The second-order valence-corrected chi connectivity index (χ2v) is 9.65. The highest BCUT2D eigenvalue weighted by molar-refractivity contribution is 5.99. The molecule has 0 spiro atoms. The van der Waals surface area contributed by atoms with Crippen LogP contribution in [-0.4, -0.2) is 73.0 Å². The highest BCUT2D eigenvalue weighted by atomic mass is 16.7. The zero-order valence-corrected chi connectivity index (χ0v) is 21.6. The molecule has 2 fully saturated rings. The van der Waals surface area contributed by atoms with Gasteiger partial charge in [0.05, 0.1) is 17.6 Å². The number of carbonyl (C=O) groups is 1. The van der Waals surface area contributed by atoms with E-state index in [0.717, 1.165) is 12.8 Å². The Morgan fingerprint density at radius 1 is 1.24 bits per heavy atom. The number of aliphatic hydroxyl groups is 1. The average Bonchev–Trinajstić information content (AvgIpc) is 2.84. The number of hydrogen-bond donors (Lipinski definition) is 2. The average molecular weight is 523 g/mol. The van der Waals surface area contributed by atoms with Crippen molar-refractivity contribution >= 4 is 16.9 Å². The van der Waals surface area contributed by atoms with Gasteiger partial charge >= 0.3 is 11.6 Å². The predicted octanol–water partition coefficient (Wildman–Crippen LogP) is 2.79. The van der Waals surface area contributed by atoms with Crippen molar-refractivity contribution in [3.8, 4) is 11.5 Å². The first-order valence-corrected chi connectivity index (χ1v) is 12.4. The number of aryl methyl sites for hydroxylation is 1. The number of methoxy groups -OCH3 is 1. The largest absolute Gasteiger partial charge is 0.506 e. The molecule has 204 valence electrons. The van der Waals surface area contributed by atoms with E-state index in [1.165, 1.54) is 13.2 Å². The number of carbonyl (C=O) groups excluding carboxylic acids is 1. The summed E-state index contributed by atoms with van der Waals surface area (Å²) in [6.45, 7) is 7.35. The summed E-state index contributed by atoms with van der Waals surface area (Å²) in [6, 6.07) is 3.01. The van der Waals surface area contributed by atoms with Gasteiger partial charge in [-0.1, -0.05) is 0 Å². The molecule has 0 aliphatic carbocycles. The van der Waals surface area contributed by atoms with Crippen molar-refractivity contribution in [3.05, 3.63) is 33.7 Å². The van der Waals surface area contributed by atoms with E-state index in [2.05, 4.69) is 0 Å². The van der Waals surface area contributed by atoms with E-state index in [9.17, 15) is 19.8 Å². The van der Waals surface area contributed by atoms with Gasteiger partial charge in [-0.15, -0.1) is 0 Å². The lowest BCUT2D eigenvalue weighted by Crippen LogP contribution is -2.65. The Kier molecular flexibility index (Phi) is 8.10. The summed E-state index contributed by atoms with van der Waals surface area (Å²) in [4.78, 5) is 24.7. The first-order chi connectivity index (χ1) is 17.6. The molecule has 2 N–H and O–H groups in total. The minimum Gasteiger partial charge on any atom is -0.506 e. The van der Waals surface area contributed by atoms with E-state index in [-0.39, 0.29) is 23.3 Å². The fraction of sp³-hybridized carbons (Fsp3) is 0.615. The Hall–Kier alpha value is -2.70. The van der Waals surface area contributed by atoms with Crippen molar-refractivity contribution in [1.29, 1.82) is 0 Å². The van der Waals surface area contributed by atoms with Crippen molar-refractivity contribution in [2.24, 2.45) is 0 Å². The SMILES string of the molecule is CCOC(=O)c1c(O)c2ccc(O[C@@H]3OC(C)(C)[C@H](OC)[C@H](O)[C@H]3OC3CCCCO3)c(C)c2oc1=O. The van der Waals surface area contributed by atoms with Gasteiger partial charge in [0.25, 0.3) is 0 Å². The summed E-state index contributed by atoms with van der Waals surface area (Å²) in [5.41, 5.74) is -2.14. The Bertz CT molecular complexity index is 1180. The minimum absolute atomic E-state index is 0.0320. The lowest BCUT2D eigenvalue weighted by Gasteiger charge is -2.48. The Morgan fingerprint density at radius 2 is 2.00 bits per heavy atom. The van der Waals surface area contributed by atoms with Crippen LogP contribution in [0.1, 0.15) is 56.0 Å². The maximum atomic E-state index is 12.5. The number of fused-ring (bicyclic) bond motifs is 1. The first kappa shape index (κ1) is 27.3. The van der Waals surface area contributed by atoms with Crippen LogP contribution in [0.2, 0.25) is 0 Å². The summed E-state index contributed by atoms with van der Waals surface area (Å²) in [7, 11) is 1.49. The van der Waals surface area contributed by atoms with E-state index in [1.807, 2.05) is 0 Å². The topological polar surface area (TPSA) is 143 Å². The van der Waals surface area contributed by atoms with E-state index in [1.54, 1.807) is 33.8 Å². The van der Waals surface area contributed by atoms with Crippen molar-refractivity contribution in [2.45, 2.75) is 83.5 Å². The van der Waals surface area contributed by atoms with Gasteiger partial charge in [-0.3, -0.25) is 0 Å². The molecule has 4 rings (SSSR count). The van der Waals surface area contributed by atoms with Gasteiger partial charge in [-0.2, -0.15) is 0 Å².